The first-order valence-electron chi connectivity index (χ1n) is 10.8. The van der Waals surface area contributed by atoms with Crippen LogP contribution in [0, 0.1) is 5.92 Å². The third kappa shape index (κ3) is 3.36. The summed E-state index contributed by atoms with van der Waals surface area (Å²) in [5, 5.41) is 2.91. The Morgan fingerprint density at radius 2 is 1.71 bits per heavy atom. The van der Waals surface area contributed by atoms with Gasteiger partial charge in [0.2, 0.25) is 0 Å². The van der Waals surface area contributed by atoms with Crippen molar-refractivity contribution in [2.45, 2.75) is 76.2 Å². The first kappa shape index (κ1) is 19.2. The van der Waals surface area contributed by atoms with Crippen LogP contribution >= 0.6 is 0 Å². The van der Waals surface area contributed by atoms with Crippen molar-refractivity contribution in [3.63, 3.8) is 0 Å². The molecular formula is C23H30N2O3. The highest BCUT2D eigenvalue weighted by atomic mass is 16.2. The van der Waals surface area contributed by atoms with Crippen LogP contribution in [0.4, 0.5) is 4.79 Å². The molecule has 5 heteroatoms. The van der Waals surface area contributed by atoms with E-state index >= 15 is 0 Å². The van der Waals surface area contributed by atoms with E-state index in [2.05, 4.69) is 5.32 Å². The second-order valence-corrected chi connectivity index (χ2v) is 8.82. The fraction of sp³-hybridized carbons (Fsp3) is 0.609. The Morgan fingerprint density at radius 1 is 1.04 bits per heavy atom. The predicted molar refractivity (Wildman–Crippen MR) is 107 cm³/mol. The lowest BCUT2D eigenvalue weighted by Crippen LogP contribution is -2.54. The summed E-state index contributed by atoms with van der Waals surface area (Å²) in [4.78, 5) is 39.4. The minimum absolute atomic E-state index is 0.104. The number of nitrogens with zero attached hydrogens (tertiary/aromatic N) is 1. The zero-order valence-corrected chi connectivity index (χ0v) is 16.7. The van der Waals surface area contributed by atoms with Gasteiger partial charge in [-0.25, -0.2) is 4.79 Å². The van der Waals surface area contributed by atoms with Gasteiger partial charge in [0.25, 0.3) is 5.91 Å². The van der Waals surface area contributed by atoms with Crippen molar-refractivity contribution in [1.29, 1.82) is 0 Å². The molecule has 4 rings (SSSR count). The third-order valence-electron chi connectivity index (χ3n) is 7.11. The number of ketones is 1. The summed E-state index contributed by atoms with van der Waals surface area (Å²) in [6.45, 7) is 1.84. The molecule has 2 unspecified atom stereocenters. The van der Waals surface area contributed by atoms with E-state index in [9.17, 15) is 14.4 Å². The molecule has 5 nitrogen and oxygen atoms in total. The summed E-state index contributed by atoms with van der Waals surface area (Å²) in [5.41, 5.74) is 1.06. The molecule has 1 aromatic rings. The van der Waals surface area contributed by atoms with E-state index in [0.717, 1.165) is 24.2 Å². The quantitative estimate of drug-likeness (QED) is 0.619. The Hall–Kier alpha value is -2.17. The van der Waals surface area contributed by atoms with Gasteiger partial charge >= 0.3 is 6.03 Å². The van der Waals surface area contributed by atoms with E-state index in [1.54, 1.807) is 0 Å². The van der Waals surface area contributed by atoms with E-state index in [4.69, 9.17) is 0 Å². The molecule has 28 heavy (non-hydrogen) atoms. The molecule has 0 bridgehead atoms. The zero-order valence-electron chi connectivity index (χ0n) is 16.7. The molecule has 3 aliphatic rings. The van der Waals surface area contributed by atoms with Gasteiger partial charge in [-0.2, -0.15) is 0 Å². The normalized spacial score (nSPS) is 28.6. The van der Waals surface area contributed by atoms with Crippen molar-refractivity contribution in [2.75, 3.05) is 6.54 Å². The summed E-state index contributed by atoms with van der Waals surface area (Å²) >= 11 is 0. The average molecular weight is 383 g/mol. The lowest BCUT2D eigenvalue weighted by Gasteiger charge is -2.36. The molecule has 2 saturated carbocycles. The molecule has 1 spiro atoms. The SMILES string of the molecule is CC1CCCCC12NC(=O)N(CC(=O)c1ccc(C3CCCCC3)cc1)C2=O. The number of benzene rings is 1. The van der Waals surface area contributed by atoms with Gasteiger partial charge in [0.15, 0.2) is 5.78 Å². The average Bonchev–Trinajstić information content (AvgIpc) is 2.96. The topological polar surface area (TPSA) is 66.5 Å². The molecule has 150 valence electrons. The van der Waals surface area contributed by atoms with Crippen LogP contribution in [0.3, 0.4) is 0 Å². The van der Waals surface area contributed by atoms with Gasteiger partial charge in [-0.05, 0) is 43.1 Å². The Kier molecular flexibility index (Phi) is 5.26. The second-order valence-electron chi connectivity index (χ2n) is 8.82. The van der Waals surface area contributed by atoms with Crippen LogP contribution in [0.1, 0.15) is 86.6 Å². The van der Waals surface area contributed by atoms with Crippen LogP contribution in [0.15, 0.2) is 24.3 Å². The lowest BCUT2D eigenvalue weighted by atomic mass is 9.73. The van der Waals surface area contributed by atoms with Gasteiger partial charge in [-0.15, -0.1) is 0 Å². The van der Waals surface area contributed by atoms with Crippen molar-refractivity contribution >= 4 is 17.7 Å². The summed E-state index contributed by atoms with van der Waals surface area (Å²) in [6, 6.07) is 7.36. The van der Waals surface area contributed by atoms with Gasteiger partial charge in [0.1, 0.15) is 5.54 Å². The largest absolute Gasteiger partial charge is 0.325 e. The molecule has 3 fully saturated rings. The van der Waals surface area contributed by atoms with Crippen LogP contribution < -0.4 is 5.32 Å². The van der Waals surface area contributed by atoms with Gasteiger partial charge in [-0.3, -0.25) is 14.5 Å². The van der Waals surface area contributed by atoms with Crippen molar-refractivity contribution in [2.24, 2.45) is 5.92 Å². The summed E-state index contributed by atoms with van der Waals surface area (Å²) in [5.74, 6) is 0.292. The number of hydrogen-bond donors (Lipinski definition) is 1. The summed E-state index contributed by atoms with van der Waals surface area (Å²) in [6.07, 6.45) is 9.91. The predicted octanol–water partition coefficient (Wildman–Crippen LogP) is 4.42. The van der Waals surface area contributed by atoms with Gasteiger partial charge in [-0.1, -0.05) is 63.3 Å². The number of Topliss-reactive ketones (excluding diaryl/α,β-unsaturated/α-hetero) is 1. The molecule has 2 atom stereocenters. The summed E-state index contributed by atoms with van der Waals surface area (Å²) in [7, 11) is 0. The maximum Gasteiger partial charge on any atom is 0.325 e. The molecule has 1 N–H and O–H groups in total. The monoisotopic (exact) mass is 382 g/mol. The standard InChI is InChI=1S/C23H30N2O3/c1-16-7-5-6-14-23(16)21(27)25(22(28)24-23)15-20(26)19-12-10-18(11-13-19)17-8-3-2-4-9-17/h10-13,16-17H,2-9,14-15H2,1H3,(H,24,28). The number of rotatable bonds is 4. The molecule has 1 heterocycles. The van der Waals surface area contributed by atoms with Gasteiger partial charge < -0.3 is 5.32 Å². The molecule has 1 aromatic carbocycles. The fourth-order valence-corrected chi connectivity index (χ4v) is 5.25. The van der Waals surface area contributed by atoms with Crippen LogP contribution in [-0.2, 0) is 4.79 Å². The smallest absolute Gasteiger partial charge is 0.323 e. The maximum atomic E-state index is 13.0. The minimum Gasteiger partial charge on any atom is -0.323 e. The van der Waals surface area contributed by atoms with Crippen molar-refractivity contribution in [1.82, 2.24) is 10.2 Å². The Bertz CT molecular complexity index is 767. The zero-order chi connectivity index (χ0) is 19.7. The molecule has 1 saturated heterocycles. The Labute approximate surface area is 166 Å². The molecular weight excluding hydrogens is 352 g/mol. The van der Waals surface area contributed by atoms with Crippen LogP contribution in [0.25, 0.3) is 0 Å². The Balaban J connectivity index is 1.44. The fourth-order valence-electron chi connectivity index (χ4n) is 5.25. The Morgan fingerprint density at radius 3 is 2.39 bits per heavy atom. The van der Waals surface area contributed by atoms with E-state index < -0.39 is 11.6 Å². The van der Waals surface area contributed by atoms with Crippen LogP contribution in [-0.4, -0.2) is 34.7 Å². The molecule has 1 aliphatic heterocycles. The van der Waals surface area contributed by atoms with E-state index in [-0.39, 0.29) is 24.2 Å². The third-order valence-corrected chi connectivity index (χ3v) is 7.11. The molecule has 0 aromatic heterocycles. The van der Waals surface area contributed by atoms with E-state index in [1.807, 2.05) is 31.2 Å². The number of carbonyl (C=O) groups excluding carboxylic acids is 3. The second kappa shape index (κ2) is 7.69. The van der Waals surface area contributed by atoms with Crippen molar-refractivity contribution in [3.05, 3.63) is 35.4 Å². The highest BCUT2D eigenvalue weighted by Crippen LogP contribution is 2.38. The summed E-state index contributed by atoms with van der Waals surface area (Å²) < 4.78 is 0. The number of amides is 3. The van der Waals surface area contributed by atoms with Crippen LogP contribution in [0.2, 0.25) is 0 Å². The molecule has 2 aliphatic carbocycles. The first-order valence-corrected chi connectivity index (χ1v) is 10.8. The number of nitrogens with one attached hydrogen (secondary N) is 1. The van der Waals surface area contributed by atoms with Crippen molar-refractivity contribution in [3.8, 4) is 0 Å². The van der Waals surface area contributed by atoms with E-state index in [0.29, 0.717) is 17.9 Å². The molecule has 0 radical (unpaired) electrons. The highest BCUT2D eigenvalue weighted by Gasteiger charge is 2.55. The first-order chi connectivity index (χ1) is 13.5. The van der Waals surface area contributed by atoms with Gasteiger partial charge in [0.05, 0.1) is 6.54 Å². The minimum atomic E-state index is -0.805. The molecule has 3 amide bonds. The van der Waals surface area contributed by atoms with Crippen LogP contribution in [0.5, 0.6) is 0 Å². The number of imide groups is 1. The lowest BCUT2D eigenvalue weighted by molar-refractivity contribution is -0.133. The van der Waals surface area contributed by atoms with E-state index in [1.165, 1.54) is 37.7 Å². The number of carbonyl (C=O) groups is 3. The number of hydrogen-bond acceptors (Lipinski definition) is 3. The van der Waals surface area contributed by atoms with Gasteiger partial charge in [0, 0.05) is 5.56 Å². The highest BCUT2D eigenvalue weighted by molar-refractivity contribution is 6.11. The maximum absolute atomic E-state index is 13.0. The number of urea groups is 1. The van der Waals surface area contributed by atoms with Crippen molar-refractivity contribution < 1.29 is 14.4 Å².